The van der Waals surface area contributed by atoms with Crippen LogP contribution in [0.5, 0.6) is 0 Å². The van der Waals surface area contributed by atoms with Gasteiger partial charge in [0.15, 0.2) is 6.29 Å². The number of carbonyl (C=O) groups is 1. The number of carbonyl (C=O) groups excluding carboxylic acids is 1. The number of aldehydes is 1. The van der Waals surface area contributed by atoms with Gasteiger partial charge in [-0.1, -0.05) is 0 Å². The van der Waals surface area contributed by atoms with Crippen LogP contribution < -0.4 is 0 Å². The van der Waals surface area contributed by atoms with Gasteiger partial charge in [-0.2, -0.15) is 0 Å². The molecular formula is C7H2Br4O. The fraction of sp³-hybridized carbons (Fsp3) is 0. The molecule has 5 heteroatoms. The Kier molecular flexibility index (Phi) is 3.95. The Labute approximate surface area is 103 Å². The summed E-state index contributed by atoms with van der Waals surface area (Å²) < 4.78 is 3.25. The van der Waals surface area contributed by atoms with Gasteiger partial charge in [0, 0.05) is 23.5 Å². The topological polar surface area (TPSA) is 17.1 Å². The Morgan fingerprint density at radius 1 is 1.00 bits per heavy atom. The first-order chi connectivity index (χ1) is 5.57. The fourth-order valence-electron chi connectivity index (χ4n) is 0.688. The van der Waals surface area contributed by atoms with Crippen molar-refractivity contribution in [2.75, 3.05) is 0 Å². The van der Waals surface area contributed by atoms with E-state index in [4.69, 9.17) is 0 Å². The van der Waals surface area contributed by atoms with Crippen molar-refractivity contribution in [3.05, 3.63) is 29.5 Å². The van der Waals surface area contributed by atoms with E-state index in [1.54, 1.807) is 0 Å². The minimum atomic E-state index is 0.602. The Bertz CT molecular complexity index is 335. The van der Waals surface area contributed by atoms with E-state index in [0.29, 0.717) is 5.56 Å². The van der Waals surface area contributed by atoms with Gasteiger partial charge in [-0.15, -0.1) is 0 Å². The molecule has 64 valence electrons. The van der Waals surface area contributed by atoms with E-state index in [9.17, 15) is 4.79 Å². The van der Waals surface area contributed by atoms with Crippen molar-refractivity contribution in [2.24, 2.45) is 0 Å². The van der Waals surface area contributed by atoms with E-state index >= 15 is 0 Å². The molecule has 0 atom stereocenters. The SMILES string of the molecule is O=Cc1c(Br)cc(Br)c(Br)c1Br. The number of benzene rings is 1. The van der Waals surface area contributed by atoms with Crippen molar-refractivity contribution in [3.8, 4) is 0 Å². The summed E-state index contributed by atoms with van der Waals surface area (Å²) in [7, 11) is 0. The molecule has 0 heterocycles. The lowest BCUT2D eigenvalue weighted by molar-refractivity contribution is 0.112. The van der Waals surface area contributed by atoms with Crippen LogP contribution in [0.3, 0.4) is 0 Å². The zero-order valence-corrected chi connectivity index (χ0v) is 11.9. The average molecular weight is 422 g/mol. The van der Waals surface area contributed by atoms with Crippen molar-refractivity contribution >= 4 is 70.0 Å². The van der Waals surface area contributed by atoms with E-state index in [-0.39, 0.29) is 0 Å². The quantitative estimate of drug-likeness (QED) is 0.369. The molecule has 0 N–H and O–H groups in total. The fourth-order valence-corrected chi connectivity index (χ4v) is 3.32. The van der Waals surface area contributed by atoms with Crippen molar-refractivity contribution in [1.82, 2.24) is 0 Å². The van der Waals surface area contributed by atoms with E-state index in [1.165, 1.54) is 0 Å². The highest BCUT2D eigenvalue weighted by atomic mass is 79.9. The van der Waals surface area contributed by atoms with Crippen LogP contribution in [0.1, 0.15) is 10.4 Å². The number of rotatable bonds is 1. The summed E-state index contributed by atoms with van der Waals surface area (Å²) in [5.74, 6) is 0. The third-order valence-corrected chi connectivity index (χ3v) is 5.26. The van der Waals surface area contributed by atoms with Crippen molar-refractivity contribution in [3.63, 3.8) is 0 Å². The zero-order valence-electron chi connectivity index (χ0n) is 5.57. The second-order valence-electron chi connectivity index (χ2n) is 2.00. The minimum Gasteiger partial charge on any atom is -0.298 e. The maximum atomic E-state index is 10.6. The summed E-state index contributed by atoms with van der Waals surface area (Å²) in [6, 6.07) is 1.82. The molecule has 1 nitrogen and oxygen atoms in total. The molecule has 0 aliphatic rings. The van der Waals surface area contributed by atoms with Gasteiger partial charge in [0.25, 0.3) is 0 Å². The molecule has 0 aliphatic heterocycles. The Balaban J connectivity index is 3.51. The molecule has 0 unspecified atom stereocenters. The predicted molar refractivity (Wildman–Crippen MR) is 62.6 cm³/mol. The zero-order chi connectivity index (χ0) is 9.30. The van der Waals surface area contributed by atoms with Gasteiger partial charge in [0.2, 0.25) is 0 Å². The number of hydrogen-bond donors (Lipinski definition) is 0. The molecule has 1 aromatic carbocycles. The molecule has 0 spiro atoms. The lowest BCUT2D eigenvalue weighted by Crippen LogP contribution is -1.86. The monoisotopic (exact) mass is 418 g/mol. The summed E-state index contributed by atoms with van der Waals surface area (Å²) >= 11 is 13.3. The molecule has 0 bridgehead atoms. The van der Waals surface area contributed by atoms with Gasteiger partial charge in [-0.25, -0.2) is 0 Å². The smallest absolute Gasteiger partial charge is 0.152 e. The Hall–Kier alpha value is 0.810. The van der Waals surface area contributed by atoms with Crippen LogP contribution in [0, 0.1) is 0 Å². The molecule has 0 fully saturated rings. The van der Waals surface area contributed by atoms with E-state index in [1.807, 2.05) is 6.07 Å². The maximum Gasteiger partial charge on any atom is 0.152 e. The second kappa shape index (κ2) is 4.35. The van der Waals surface area contributed by atoms with Crippen molar-refractivity contribution in [1.29, 1.82) is 0 Å². The molecule has 1 aromatic rings. The first-order valence-corrected chi connectivity index (χ1v) is 6.03. The number of hydrogen-bond acceptors (Lipinski definition) is 1. The lowest BCUT2D eigenvalue weighted by Gasteiger charge is -2.04. The minimum absolute atomic E-state index is 0.602. The summed E-state index contributed by atoms with van der Waals surface area (Å²) in [6.45, 7) is 0. The highest BCUT2D eigenvalue weighted by Crippen LogP contribution is 2.37. The highest BCUT2D eigenvalue weighted by molar-refractivity contribution is 9.14. The van der Waals surface area contributed by atoms with Crippen molar-refractivity contribution in [2.45, 2.75) is 0 Å². The predicted octanol–water partition coefficient (Wildman–Crippen LogP) is 4.55. The lowest BCUT2D eigenvalue weighted by atomic mass is 10.2. The van der Waals surface area contributed by atoms with E-state index < -0.39 is 0 Å². The first kappa shape index (κ1) is 10.9. The molecule has 0 aromatic heterocycles. The molecule has 0 saturated carbocycles. The van der Waals surface area contributed by atoms with Crippen LogP contribution in [0.25, 0.3) is 0 Å². The van der Waals surface area contributed by atoms with Crippen LogP contribution in [0.4, 0.5) is 0 Å². The normalized spacial score (nSPS) is 10.0. The molecule has 12 heavy (non-hydrogen) atoms. The second-order valence-corrected chi connectivity index (χ2v) is 5.29. The maximum absolute atomic E-state index is 10.6. The largest absolute Gasteiger partial charge is 0.298 e. The van der Waals surface area contributed by atoms with E-state index in [0.717, 1.165) is 24.2 Å². The summed E-state index contributed by atoms with van der Waals surface area (Å²) in [5.41, 5.74) is 0.602. The van der Waals surface area contributed by atoms with E-state index in [2.05, 4.69) is 63.7 Å². The van der Waals surface area contributed by atoms with Crippen LogP contribution in [-0.2, 0) is 0 Å². The van der Waals surface area contributed by atoms with Crippen LogP contribution in [0.15, 0.2) is 24.0 Å². The van der Waals surface area contributed by atoms with Gasteiger partial charge < -0.3 is 0 Å². The summed E-state index contributed by atoms with van der Waals surface area (Å²) in [5, 5.41) is 0. The van der Waals surface area contributed by atoms with Crippen LogP contribution >= 0.6 is 63.7 Å². The van der Waals surface area contributed by atoms with Gasteiger partial charge in [0.1, 0.15) is 0 Å². The molecule has 0 saturated heterocycles. The molecule has 1 rings (SSSR count). The summed E-state index contributed by atoms with van der Waals surface area (Å²) in [6.07, 6.45) is 0.797. The molecule has 0 amide bonds. The Morgan fingerprint density at radius 2 is 1.58 bits per heavy atom. The third kappa shape index (κ3) is 2.00. The summed E-state index contributed by atoms with van der Waals surface area (Å²) in [4.78, 5) is 10.6. The van der Waals surface area contributed by atoms with Crippen LogP contribution in [0.2, 0.25) is 0 Å². The third-order valence-electron chi connectivity index (χ3n) is 1.27. The van der Waals surface area contributed by atoms with Crippen molar-refractivity contribution < 1.29 is 4.79 Å². The van der Waals surface area contributed by atoms with Crippen LogP contribution in [-0.4, -0.2) is 6.29 Å². The molecular weight excluding hydrogens is 420 g/mol. The molecule has 0 aliphatic carbocycles. The standard InChI is InChI=1S/C7H2Br4O/c8-4-1-5(9)7(11)6(10)3(4)2-12/h1-2H. The first-order valence-electron chi connectivity index (χ1n) is 2.86. The van der Waals surface area contributed by atoms with Gasteiger partial charge in [-0.3, -0.25) is 4.79 Å². The average Bonchev–Trinajstić information content (AvgIpc) is 2.01. The van der Waals surface area contributed by atoms with Gasteiger partial charge >= 0.3 is 0 Å². The highest BCUT2D eigenvalue weighted by Gasteiger charge is 2.10. The van der Waals surface area contributed by atoms with Gasteiger partial charge in [0.05, 0.1) is 0 Å². The van der Waals surface area contributed by atoms with Gasteiger partial charge in [-0.05, 0) is 69.8 Å². The Morgan fingerprint density at radius 3 is 2.08 bits per heavy atom. The molecule has 0 radical (unpaired) electrons. The number of halogens is 4.